The standard InChI is InChI=1S/C27H36FN3O4S/c1-2-35-25(33)11-12-29-15-16-30(24(32)18-29)13-9-20-17-31(14-10-23(20)36)26(27(34)19-7-8-19)21-5-3-4-6-22(21)28/h3-6,9,19,23,26,36H,2,7-8,10-18H2,1H3/b20-9+. The van der Waals surface area contributed by atoms with E-state index in [1.807, 2.05) is 9.80 Å². The van der Waals surface area contributed by atoms with Crippen LogP contribution in [0.3, 0.4) is 0 Å². The Hall–Kier alpha value is -2.23. The number of piperidine rings is 1. The Bertz CT molecular complexity index is 999. The van der Waals surface area contributed by atoms with Gasteiger partial charge in [0.25, 0.3) is 0 Å². The van der Waals surface area contributed by atoms with Gasteiger partial charge >= 0.3 is 5.97 Å². The minimum absolute atomic E-state index is 0.0218. The number of nitrogens with zero attached hydrogens (tertiary/aromatic N) is 3. The Morgan fingerprint density at radius 2 is 1.94 bits per heavy atom. The lowest BCUT2D eigenvalue weighted by molar-refractivity contribution is -0.144. The fraction of sp³-hybridized carbons (Fsp3) is 0.593. The number of halogens is 1. The summed E-state index contributed by atoms with van der Waals surface area (Å²) in [5, 5.41) is 0.0412. The average Bonchev–Trinajstić information content (AvgIpc) is 3.71. The molecule has 0 bridgehead atoms. The van der Waals surface area contributed by atoms with Crippen molar-refractivity contribution < 1.29 is 23.5 Å². The molecular formula is C27H36FN3O4S. The summed E-state index contributed by atoms with van der Waals surface area (Å²) in [6.45, 7) is 5.90. The van der Waals surface area contributed by atoms with Crippen LogP contribution >= 0.6 is 12.6 Å². The van der Waals surface area contributed by atoms with E-state index in [0.717, 1.165) is 24.8 Å². The Kier molecular flexibility index (Phi) is 9.19. The minimum atomic E-state index is -0.590. The molecule has 2 heterocycles. The normalized spacial score (nSPS) is 23.6. The summed E-state index contributed by atoms with van der Waals surface area (Å²) in [5.74, 6) is -0.438. The quantitative estimate of drug-likeness (QED) is 0.293. The highest BCUT2D eigenvalue weighted by Crippen LogP contribution is 2.39. The predicted molar refractivity (Wildman–Crippen MR) is 138 cm³/mol. The maximum atomic E-state index is 14.7. The van der Waals surface area contributed by atoms with E-state index in [0.29, 0.717) is 51.4 Å². The second kappa shape index (κ2) is 12.3. The van der Waals surface area contributed by atoms with Crippen LogP contribution in [0.4, 0.5) is 4.39 Å². The molecule has 0 radical (unpaired) electrons. The summed E-state index contributed by atoms with van der Waals surface area (Å²) in [7, 11) is 0. The Morgan fingerprint density at radius 1 is 1.17 bits per heavy atom. The van der Waals surface area contributed by atoms with Crippen molar-refractivity contribution in [1.82, 2.24) is 14.7 Å². The monoisotopic (exact) mass is 517 g/mol. The summed E-state index contributed by atoms with van der Waals surface area (Å²) in [5.41, 5.74) is 1.51. The first kappa shape index (κ1) is 26.8. The number of ketones is 1. The van der Waals surface area contributed by atoms with Crippen molar-refractivity contribution in [2.24, 2.45) is 5.92 Å². The summed E-state index contributed by atoms with van der Waals surface area (Å²) in [6.07, 6.45) is 4.85. The molecule has 2 saturated heterocycles. The van der Waals surface area contributed by atoms with Gasteiger partial charge in [-0.3, -0.25) is 24.2 Å². The van der Waals surface area contributed by atoms with Crippen molar-refractivity contribution in [3.8, 4) is 0 Å². The molecule has 1 saturated carbocycles. The number of amides is 1. The van der Waals surface area contributed by atoms with E-state index in [2.05, 4.69) is 11.0 Å². The van der Waals surface area contributed by atoms with Gasteiger partial charge in [0.15, 0.2) is 5.78 Å². The predicted octanol–water partition coefficient (Wildman–Crippen LogP) is 2.87. The number of rotatable bonds is 10. The van der Waals surface area contributed by atoms with Crippen molar-refractivity contribution >= 4 is 30.3 Å². The average molecular weight is 518 g/mol. The molecule has 0 spiro atoms. The molecule has 3 aliphatic rings. The molecule has 2 atom stereocenters. The summed E-state index contributed by atoms with van der Waals surface area (Å²) >= 11 is 4.77. The largest absolute Gasteiger partial charge is 0.466 e. The zero-order valence-corrected chi connectivity index (χ0v) is 21.8. The SMILES string of the molecule is CCOC(=O)CCN1CCN(C/C=C2\CN(C(C(=O)C3CC3)c3ccccc3F)CCC2S)C(=O)C1. The number of piperazine rings is 1. The van der Waals surface area contributed by atoms with Gasteiger partial charge in [-0.15, -0.1) is 0 Å². The first-order chi connectivity index (χ1) is 17.4. The van der Waals surface area contributed by atoms with Crippen molar-refractivity contribution in [3.63, 3.8) is 0 Å². The molecule has 0 aromatic heterocycles. The highest BCUT2D eigenvalue weighted by Gasteiger charge is 2.41. The molecule has 1 aromatic rings. The second-order valence-corrected chi connectivity index (χ2v) is 10.4. The highest BCUT2D eigenvalue weighted by molar-refractivity contribution is 7.81. The molecule has 2 unspecified atom stereocenters. The van der Waals surface area contributed by atoms with Crippen LogP contribution in [-0.4, -0.2) is 90.0 Å². The van der Waals surface area contributed by atoms with E-state index in [4.69, 9.17) is 17.4 Å². The van der Waals surface area contributed by atoms with Crippen molar-refractivity contribution in [1.29, 1.82) is 0 Å². The lowest BCUT2D eigenvalue weighted by Gasteiger charge is -2.38. The van der Waals surface area contributed by atoms with Crippen LogP contribution in [0, 0.1) is 11.7 Å². The number of hydrogen-bond acceptors (Lipinski definition) is 7. The van der Waals surface area contributed by atoms with Gasteiger partial charge in [-0.2, -0.15) is 12.6 Å². The lowest BCUT2D eigenvalue weighted by atomic mass is 9.93. The van der Waals surface area contributed by atoms with Gasteiger partial charge in [-0.05, 0) is 37.8 Å². The van der Waals surface area contributed by atoms with Gasteiger partial charge < -0.3 is 9.64 Å². The molecule has 1 amide bonds. The molecule has 1 aromatic carbocycles. The number of thiol groups is 1. The third-order valence-corrected chi connectivity index (χ3v) is 7.82. The van der Waals surface area contributed by atoms with Gasteiger partial charge in [0, 0.05) is 56.0 Å². The van der Waals surface area contributed by atoms with Crippen molar-refractivity contribution in [3.05, 3.63) is 47.3 Å². The van der Waals surface area contributed by atoms with E-state index in [-0.39, 0.29) is 47.6 Å². The molecule has 36 heavy (non-hydrogen) atoms. The maximum Gasteiger partial charge on any atom is 0.307 e. The van der Waals surface area contributed by atoms with E-state index < -0.39 is 6.04 Å². The zero-order valence-electron chi connectivity index (χ0n) is 20.9. The first-order valence-corrected chi connectivity index (χ1v) is 13.4. The summed E-state index contributed by atoms with van der Waals surface area (Å²) < 4.78 is 19.7. The lowest BCUT2D eigenvalue weighted by Crippen LogP contribution is -2.50. The fourth-order valence-electron chi connectivity index (χ4n) is 4.98. The molecule has 4 rings (SSSR count). The smallest absolute Gasteiger partial charge is 0.307 e. The van der Waals surface area contributed by atoms with Crippen LogP contribution in [0.25, 0.3) is 0 Å². The third-order valence-electron chi connectivity index (χ3n) is 7.23. The number of esters is 1. The van der Waals surface area contributed by atoms with Crippen LogP contribution in [0.1, 0.15) is 44.2 Å². The van der Waals surface area contributed by atoms with Crippen LogP contribution < -0.4 is 0 Å². The summed E-state index contributed by atoms with van der Waals surface area (Å²) in [6, 6.07) is 5.98. The molecule has 196 valence electrons. The summed E-state index contributed by atoms with van der Waals surface area (Å²) in [4.78, 5) is 43.4. The van der Waals surface area contributed by atoms with Crippen LogP contribution in [0.5, 0.6) is 0 Å². The van der Waals surface area contributed by atoms with E-state index in [9.17, 15) is 18.8 Å². The number of carbonyl (C=O) groups excluding carboxylic acids is 3. The van der Waals surface area contributed by atoms with Crippen LogP contribution in [0.15, 0.2) is 35.9 Å². The van der Waals surface area contributed by atoms with Gasteiger partial charge in [0.1, 0.15) is 5.82 Å². The van der Waals surface area contributed by atoms with Gasteiger partial charge in [0.05, 0.1) is 25.6 Å². The van der Waals surface area contributed by atoms with Crippen LogP contribution in [-0.2, 0) is 19.1 Å². The van der Waals surface area contributed by atoms with Crippen molar-refractivity contribution in [2.45, 2.75) is 43.9 Å². The van der Waals surface area contributed by atoms with E-state index in [1.54, 1.807) is 25.1 Å². The number of hydrogen-bond donors (Lipinski definition) is 1. The van der Waals surface area contributed by atoms with E-state index in [1.165, 1.54) is 6.07 Å². The van der Waals surface area contributed by atoms with Crippen LogP contribution in [0.2, 0.25) is 0 Å². The molecule has 0 N–H and O–H groups in total. The van der Waals surface area contributed by atoms with E-state index >= 15 is 0 Å². The number of likely N-dealkylation sites (tertiary alicyclic amines) is 1. The molecule has 3 fully saturated rings. The fourth-order valence-corrected chi connectivity index (χ4v) is 5.28. The topological polar surface area (TPSA) is 70.2 Å². The first-order valence-electron chi connectivity index (χ1n) is 12.9. The Labute approximate surface area is 218 Å². The molecule has 9 heteroatoms. The minimum Gasteiger partial charge on any atom is -0.466 e. The van der Waals surface area contributed by atoms with Crippen molar-refractivity contribution in [2.75, 3.05) is 52.4 Å². The zero-order chi connectivity index (χ0) is 25.7. The Balaban J connectivity index is 1.38. The molecule has 1 aliphatic carbocycles. The Morgan fingerprint density at radius 3 is 2.64 bits per heavy atom. The number of benzene rings is 1. The number of carbonyl (C=O) groups is 3. The van der Waals surface area contributed by atoms with Gasteiger partial charge in [-0.1, -0.05) is 24.3 Å². The van der Waals surface area contributed by atoms with Gasteiger partial charge in [0.2, 0.25) is 5.91 Å². The maximum absolute atomic E-state index is 14.7. The highest BCUT2D eigenvalue weighted by atomic mass is 32.1. The second-order valence-electron chi connectivity index (χ2n) is 9.83. The molecule has 7 nitrogen and oxygen atoms in total. The molecular weight excluding hydrogens is 481 g/mol. The third kappa shape index (κ3) is 6.75. The number of ether oxygens (including phenoxy) is 1. The number of Topliss-reactive ketones (excluding diaryl/α,β-unsaturated/α-hetero) is 1. The molecule has 2 aliphatic heterocycles. The van der Waals surface area contributed by atoms with Gasteiger partial charge in [-0.25, -0.2) is 4.39 Å².